The third-order valence-corrected chi connectivity index (χ3v) is 2.35. The number of nitrogens with zero attached hydrogens (tertiary/aromatic N) is 1. The van der Waals surface area contributed by atoms with Gasteiger partial charge in [0.25, 0.3) is 0 Å². The van der Waals surface area contributed by atoms with Crippen LogP contribution >= 0.6 is 11.6 Å². The smallest absolute Gasteiger partial charge is 0.142 e. The lowest BCUT2D eigenvalue weighted by molar-refractivity contribution is 0.308. The Hall–Kier alpha value is -1.74. The minimum absolute atomic E-state index is 0.467. The van der Waals surface area contributed by atoms with Crippen LogP contribution in [0.1, 0.15) is 5.56 Å². The second-order valence-electron chi connectivity index (χ2n) is 3.33. The molecule has 2 rings (SSSR count). The van der Waals surface area contributed by atoms with Crippen LogP contribution in [0, 0.1) is 0 Å². The summed E-state index contributed by atoms with van der Waals surface area (Å²) in [5, 5.41) is 0.605. The molecular formula is C12H11ClN2O. The summed E-state index contributed by atoms with van der Waals surface area (Å²) in [6.45, 7) is 0.467. The molecule has 0 fully saturated rings. The molecule has 1 aromatic carbocycles. The highest BCUT2D eigenvalue weighted by molar-refractivity contribution is 6.30. The van der Waals surface area contributed by atoms with Crippen LogP contribution < -0.4 is 10.5 Å². The first-order valence-electron chi connectivity index (χ1n) is 4.82. The van der Waals surface area contributed by atoms with Gasteiger partial charge in [-0.05, 0) is 35.9 Å². The predicted octanol–water partition coefficient (Wildman–Crippen LogP) is 2.90. The molecule has 0 unspecified atom stereocenters. The molecule has 0 amide bonds. The Balaban J connectivity index is 2.05. The van der Waals surface area contributed by atoms with Gasteiger partial charge in [0.15, 0.2) is 0 Å². The molecule has 0 atom stereocenters. The molecule has 1 heterocycles. The Kier molecular flexibility index (Phi) is 3.27. The van der Waals surface area contributed by atoms with E-state index in [9.17, 15) is 0 Å². The maximum Gasteiger partial charge on any atom is 0.142 e. The van der Waals surface area contributed by atoms with Crippen molar-refractivity contribution in [1.82, 2.24) is 4.98 Å². The fourth-order valence-corrected chi connectivity index (χ4v) is 1.47. The second kappa shape index (κ2) is 4.86. The highest BCUT2D eigenvalue weighted by atomic mass is 35.5. The summed E-state index contributed by atoms with van der Waals surface area (Å²) in [6, 6.07) is 8.97. The summed E-state index contributed by atoms with van der Waals surface area (Å²) < 4.78 is 5.57. The molecule has 2 aromatic rings. The molecule has 0 spiro atoms. The molecule has 0 bridgehead atoms. The summed E-state index contributed by atoms with van der Waals surface area (Å²) in [6.07, 6.45) is 3.45. The van der Waals surface area contributed by atoms with Gasteiger partial charge >= 0.3 is 0 Å². The number of pyridine rings is 1. The Bertz CT molecular complexity index is 474. The fourth-order valence-electron chi connectivity index (χ4n) is 1.29. The number of nitrogens with two attached hydrogens (primary N) is 1. The third-order valence-electron chi connectivity index (χ3n) is 2.12. The van der Waals surface area contributed by atoms with E-state index in [0.717, 1.165) is 5.56 Å². The first-order chi connectivity index (χ1) is 7.75. The van der Waals surface area contributed by atoms with E-state index in [0.29, 0.717) is 23.1 Å². The van der Waals surface area contributed by atoms with E-state index in [-0.39, 0.29) is 0 Å². The number of aromatic nitrogens is 1. The Morgan fingerprint density at radius 1 is 1.19 bits per heavy atom. The van der Waals surface area contributed by atoms with Gasteiger partial charge in [0.2, 0.25) is 0 Å². The molecule has 0 aliphatic carbocycles. The third kappa shape index (κ3) is 2.64. The van der Waals surface area contributed by atoms with E-state index < -0.39 is 0 Å². The summed E-state index contributed by atoms with van der Waals surface area (Å²) in [5.41, 5.74) is 7.35. The Morgan fingerprint density at radius 2 is 1.94 bits per heavy atom. The van der Waals surface area contributed by atoms with Crippen molar-refractivity contribution in [2.75, 3.05) is 5.73 Å². The number of hydrogen-bond acceptors (Lipinski definition) is 3. The van der Waals surface area contributed by atoms with Crippen molar-refractivity contribution in [3.8, 4) is 5.75 Å². The van der Waals surface area contributed by atoms with E-state index in [1.807, 2.05) is 12.1 Å². The lowest BCUT2D eigenvalue weighted by Crippen LogP contribution is -1.98. The van der Waals surface area contributed by atoms with Gasteiger partial charge in [0.1, 0.15) is 12.4 Å². The summed E-state index contributed by atoms with van der Waals surface area (Å²) in [5.74, 6) is 0.640. The van der Waals surface area contributed by atoms with Gasteiger partial charge in [-0.25, -0.2) is 0 Å². The first-order valence-corrected chi connectivity index (χ1v) is 5.20. The molecule has 16 heavy (non-hydrogen) atoms. The molecule has 1 aromatic heterocycles. The largest absolute Gasteiger partial charge is 0.487 e. The molecule has 0 aliphatic rings. The topological polar surface area (TPSA) is 48.1 Å². The predicted molar refractivity (Wildman–Crippen MR) is 64.4 cm³/mol. The molecule has 0 aliphatic heterocycles. The minimum Gasteiger partial charge on any atom is -0.487 e. The lowest BCUT2D eigenvalue weighted by atomic mass is 10.3. The van der Waals surface area contributed by atoms with E-state index in [2.05, 4.69) is 4.98 Å². The van der Waals surface area contributed by atoms with Gasteiger partial charge in [-0.15, -0.1) is 0 Å². The van der Waals surface area contributed by atoms with Crippen molar-refractivity contribution >= 4 is 17.3 Å². The number of halogens is 1. The number of nitrogen functional groups attached to an aromatic ring is 1. The lowest BCUT2D eigenvalue weighted by Gasteiger charge is -2.08. The number of hydrogen-bond donors (Lipinski definition) is 1. The molecule has 82 valence electrons. The second-order valence-corrected chi connectivity index (χ2v) is 3.76. The van der Waals surface area contributed by atoms with Crippen molar-refractivity contribution in [3.05, 3.63) is 53.3 Å². The van der Waals surface area contributed by atoms with Crippen LogP contribution in [0.3, 0.4) is 0 Å². The minimum atomic E-state index is 0.467. The van der Waals surface area contributed by atoms with Crippen LogP contribution in [0.25, 0.3) is 0 Å². The van der Waals surface area contributed by atoms with Crippen LogP contribution in [-0.4, -0.2) is 4.98 Å². The van der Waals surface area contributed by atoms with Crippen LogP contribution in [0.2, 0.25) is 5.02 Å². The standard InChI is InChI=1S/C12H11ClN2O/c13-10-1-2-12(11(14)7-10)16-8-9-3-5-15-6-4-9/h1-7H,8,14H2. The van der Waals surface area contributed by atoms with Crippen molar-refractivity contribution < 1.29 is 4.74 Å². The Labute approximate surface area is 98.8 Å². The van der Waals surface area contributed by atoms with Gasteiger partial charge in [-0.1, -0.05) is 11.6 Å². The fraction of sp³-hybridized carbons (Fsp3) is 0.0833. The average Bonchev–Trinajstić information content (AvgIpc) is 2.29. The average molecular weight is 235 g/mol. The van der Waals surface area contributed by atoms with Crippen LogP contribution in [0.4, 0.5) is 5.69 Å². The normalized spacial score (nSPS) is 10.1. The van der Waals surface area contributed by atoms with Gasteiger partial charge < -0.3 is 10.5 Å². The van der Waals surface area contributed by atoms with E-state index in [1.54, 1.807) is 30.6 Å². The van der Waals surface area contributed by atoms with E-state index >= 15 is 0 Å². The van der Waals surface area contributed by atoms with Crippen molar-refractivity contribution in [2.24, 2.45) is 0 Å². The molecule has 0 saturated carbocycles. The first kappa shape index (κ1) is 10.8. The van der Waals surface area contributed by atoms with E-state index in [1.165, 1.54) is 0 Å². The van der Waals surface area contributed by atoms with Crippen molar-refractivity contribution in [3.63, 3.8) is 0 Å². The Morgan fingerprint density at radius 3 is 2.62 bits per heavy atom. The van der Waals surface area contributed by atoms with Crippen molar-refractivity contribution in [1.29, 1.82) is 0 Å². The van der Waals surface area contributed by atoms with Gasteiger partial charge in [-0.2, -0.15) is 0 Å². The molecule has 0 radical (unpaired) electrons. The maximum atomic E-state index is 5.79. The van der Waals surface area contributed by atoms with Gasteiger partial charge in [0, 0.05) is 17.4 Å². The summed E-state index contributed by atoms with van der Waals surface area (Å²) in [7, 11) is 0. The molecule has 2 N–H and O–H groups in total. The van der Waals surface area contributed by atoms with Gasteiger partial charge in [-0.3, -0.25) is 4.98 Å². The number of rotatable bonds is 3. The molecular weight excluding hydrogens is 224 g/mol. The van der Waals surface area contributed by atoms with Crippen LogP contribution in [0.5, 0.6) is 5.75 Å². The molecule has 4 heteroatoms. The number of anilines is 1. The molecule has 0 saturated heterocycles. The van der Waals surface area contributed by atoms with Gasteiger partial charge in [0.05, 0.1) is 5.69 Å². The monoisotopic (exact) mass is 234 g/mol. The quantitative estimate of drug-likeness (QED) is 0.831. The van der Waals surface area contributed by atoms with Crippen LogP contribution in [-0.2, 0) is 6.61 Å². The van der Waals surface area contributed by atoms with Crippen LogP contribution in [0.15, 0.2) is 42.7 Å². The van der Waals surface area contributed by atoms with E-state index in [4.69, 9.17) is 22.1 Å². The zero-order valence-electron chi connectivity index (χ0n) is 8.56. The summed E-state index contributed by atoms with van der Waals surface area (Å²) in [4.78, 5) is 3.93. The SMILES string of the molecule is Nc1cc(Cl)ccc1OCc1ccncc1. The number of benzene rings is 1. The highest BCUT2D eigenvalue weighted by Gasteiger charge is 2.01. The number of ether oxygens (including phenoxy) is 1. The summed E-state index contributed by atoms with van der Waals surface area (Å²) >= 11 is 5.79. The zero-order chi connectivity index (χ0) is 11.4. The highest BCUT2D eigenvalue weighted by Crippen LogP contribution is 2.25. The zero-order valence-corrected chi connectivity index (χ0v) is 9.32. The van der Waals surface area contributed by atoms with Crippen molar-refractivity contribution in [2.45, 2.75) is 6.61 Å². The maximum absolute atomic E-state index is 5.79. The molecule has 3 nitrogen and oxygen atoms in total.